The fourth-order valence-electron chi connectivity index (χ4n) is 2.37. The number of carbonyl (C=O) groups excluding carboxylic acids is 1. The molecule has 0 fully saturated rings. The lowest BCUT2D eigenvalue weighted by atomic mass is 10.1. The van der Waals surface area contributed by atoms with Crippen LogP contribution in [-0.2, 0) is 7.05 Å². The summed E-state index contributed by atoms with van der Waals surface area (Å²) in [6.45, 7) is 0. The number of anilines is 1. The number of aryl methyl sites for hydroxylation is 1. The van der Waals surface area contributed by atoms with Crippen LogP contribution in [0.1, 0.15) is 10.4 Å². The minimum atomic E-state index is -0.530. The number of fused-ring (bicyclic) bond motifs is 1. The number of hydrogen-bond acceptors (Lipinski definition) is 4. The third-order valence-electron chi connectivity index (χ3n) is 3.62. The molecule has 0 unspecified atom stereocenters. The van der Waals surface area contributed by atoms with Crippen molar-refractivity contribution >= 4 is 33.1 Å². The number of hydrogen-bond donors (Lipinski definition) is 1. The standard InChI is InChI=1S/C16H14N2O3S/c1-17(10-6-4-3-5-7-10)14(20)12-13(19)11-8-9-22-16(11)18(2)15(12)21/h3-9,19H,1-2H3. The monoisotopic (exact) mass is 314 g/mol. The quantitative estimate of drug-likeness (QED) is 0.791. The minimum Gasteiger partial charge on any atom is -0.506 e. The smallest absolute Gasteiger partial charge is 0.268 e. The number of benzene rings is 1. The van der Waals surface area contributed by atoms with E-state index in [4.69, 9.17) is 0 Å². The highest BCUT2D eigenvalue weighted by molar-refractivity contribution is 7.16. The summed E-state index contributed by atoms with van der Waals surface area (Å²) in [6, 6.07) is 10.7. The Hall–Kier alpha value is -2.60. The van der Waals surface area contributed by atoms with Gasteiger partial charge < -0.3 is 14.6 Å². The van der Waals surface area contributed by atoms with E-state index in [1.54, 1.807) is 49.8 Å². The number of amides is 1. The fourth-order valence-corrected chi connectivity index (χ4v) is 3.23. The molecule has 0 radical (unpaired) electrons. The first-order valence-corrected chi connectivity index (χ1v) is 7.52. The van der Waals surface area contributed by atoms with Crippen molar-refractivity contribution in [3.63, 3.8) is 0 Å². The summed E-state index contributed by atoms with van der Waals surface area (Å²) in [5.74, 6) is -0.787. The number of nitrogens with zero attached hydrogens (tertiary/aromatic N) is 2. The van der Waals surface area contributed by atoms with E-state index in [-0.39, 0.29) is 11.3 Å². The lowest BCUT2D eigenvalue weighted by Gasteiger charge is -2.18. The third-order valence-corrected chi connectivity index (χ3v) is 4.61. The average molecular weight is 314 g/mol. The van der Waals surface area contributed by atoms with E-state index in [0.29, 0.717) is 15.9 Å². The molecule has 1 aromatic carbocycles. The Labute approximate surface area is 130 Å². The van der Waals surface area contributed by atoms with Crippen molar-refractivity contribution in [2.75, 3.05) is 11.9 Å². The van der Waals surface area contributed by atoms with E-state index < -0.39 is 11.5 Å². The molecule has 112 valence electrons. The van der Waals surface area contributed by atoms with Gasteiger partial charge in [0.05, 0.1) is 5.39 Å². The first kappa shape index (κ1) is 14.3. The van der Waals surface area contributed by atoms with E-state index in [0.717, 1.165) is 0 Å². The van der Waals surface area contributed by atoms with E-state index >= 15 is 0 Å². The number of rotatable bonds is 2. The summed E-state index contributed by atoms with van der Waals surface area (Å²) in [4.78, 5) is 27.1. The summed E-state index contributed by atoms with van der Waals surface area (Å²) in [6.07, 6.45) is 0. The van der Waals surface area contributed by atoms with Crippen LogP contribution in [0, 0.1) is 0 Å². The van der Waals surface area contributed by atoms with Crippen LogP contribution < -0.4 is 10.5 Å². The minimum absolute atomic E-state index is 0.209. The molecule has 1 N–H and O–H groups in total. The van der Waals surface area contributed by atoms with Gasteiger partial charge in [0.15, 0.2) is 0 Å². The van der Waals surface area contributed by atoms with Gasteiger partial charge in [-0.05, 0) is 23.6 Å². The Bertz CT molecular complexity index is 912. The average Bonchev–Trinajstić information content (AvgIpc) is 3.03. The Morgan fingerprint density at radius 2 is 1.91 bits per heavy atom. The second-order valence-electron chi connectivity index (χ2n) is 4.93. The molecule has 5 nitrogen and oxygen atoms in total. The van der Waals surface area contributed by atoms with Crippen LogP contribution in [0.4, 0.5) is 5.69 Å². The van der Waals surface area contributed by atoms with Crippen molar-refractivity contribution in [1.82, 2.24) is 4.57 Å². The van der Waals surface area contributed by atoms with Crippen LogP contribution >= 0.6 is 11.3 Å². The largest absolute Gasteiger partial charge is 0.506 e. The maximum atomic E-state index is 12.7. The summed E-state index contributed by atoms with van der Waals surface area (Å²) in [5, 5.41) is 12.6. The van der Waals surface area contributed by atoms with E-state index in [9.17, 15) is 14.7 Å². The maximum Gasteiger partial charge on any atom is 0.268 e. The number of thiophene rings is 1. The highest BCUT2D eigenvalue weighted by Crippen LogP contribution is 2.30. The Morgan fingerprint density at radius 3 is 2.59 bits per heavy atom. The molecule has 0 aliphatic heterocycles. The van der Waals surface area contributed by atoms with Gasteiger partial charge in [0, 0.05) is 19.8 Å². The summed E-state index contributed by atoms with van der Waals surface area (Å²) < 4.78 is 1.39. The van der Waals surface area contributed by atoms with E-state index in [1.807, 2.05) is 6.07 Å². The summed E-state index contributed by atoms with van der Waals surface area (Å²) in [5.41, 5.74) is -0.0562. The highest BCUT2D eigenvalue weighted by atomic mass is 32.1. The molecular weight excluding hydrogens is 300 g/mol. The van der Waals surface area contributed by atoms with Crippen LogP contribution in [-0.4, -0.2) is 22.6 Å². The molecular formula is C16H14N2O3S. The van der Waals surface area contributed by atoms with Gasteiger partial charge in [0.2, 0.25) is 0 Å². The molecule has 0 aliphatic carbocycles. The second kappa shape index (κ2) is 5.31. The van der Waals surface area contributed by atoms with Crippen molar-refractivity contribution in [2.45, 2.75) is 0 Å². The van der Waals surface area contributed by atoms with Crippen molar-refractivity contribution in [2.24, 2.45) is 7.05 Å². The van der Waals surface area contributed by atoms with Crippen LogP contribution in [0.2, 0.25) is 0 Å². The van der Waals surface area contributed by atoms with Crippen molar-refractivity contribution in [1.29, 1.82) is 0 Å². The Kier molecular flexibility index (Phi) is 3.46. The van der Waals surface area contributed by atoms with Gasteiger partial charge >= 0.3 is 0 Å². The first-order valence-electron chi connectivity index (χ1n) is 6.64. The Balaban J connectivity index is 2.18. The number of carbonyl (C=O) groups is 1. The van der Waals surface area contributed by atoms with Gasteiger partial charge in [-0.3, -0.25) is 9.59 Å². The molecule has 0 bridgehead atoms. The molecule has 2 heterocycles. The predicted octanol–water partition coefficient (Wildman–Crippen LogP) is 2.58. The zero-order chi connectivity index (χ0) is 15.9. The number of para-hydroxylation sites is 1. The SMILES string of the molecule is CN(C(=O)c1c(O)c2ccsc2n(C)c1=O)c1ccccc1. The lowest BCUT2D eigenvalue weighted by Crippen LogP contribution is -2.33. The molecule has 6 heteroatoms. The topological polar surface area (TPSA) is 62.5 Å². The zero-order valence-electron chi connectivity index (χ0n) is 12.1. The second-order valence-corrected chi connectivity index (χ2v) is 5.82. The van der Waals surface area contributed by atoms with Gasteiger partial charge in [0.25, 0.3) is 11.5 Å². The van der Waals surface area contributed by atoms with Crippen LogP contribution in [0.3, 0.4) is 0 Å². The molecule has 3 aromatic rings. The van der Waals surface area contributed by atoms with Crippen molar-refractivity contribution < 1.29 is 9.90 Å². The van der Waals surface area contributed by atoms with Crippen molar-refractivity contribution in [3.05, 3.63) is 57.7 Å². The van der Waals surface area contributed by atoms with Crippen LogP contribution in [0.25, 0.3) is 10.2 Å². The van der Waals surface area contributed by atoms with Crippen molar-refractivity contribution in [3.8, 4) is 5.75 Å². The van der Waals surface area contributed by atoms with Gasteiger partial charge in [-0.2, -0.15) is 0 Å². The van der Waals surface area contributed by atoms with E-state index in [2.05, 4.69) is 0 Å². The normalized spacial score (nSPS) is 10.8. The molecule has 2 aromatic heterocycles. The molecule has 0 spiro atoms. The third kappa shape index (κ3) is 2.08. The van der Waals surface area contributed by atoms with Crippen LogP contribution in [0.15, 0.2) is 46.6 Å². The fraction of sp³-hybridized carbons (Fsp3) is 0.125. The van der Waals surface area contributed by atoms with Gasteiger partial charge in [-0.1, -0.05) is 18.2 Å². The zero-order valence-corrected chi connectivity index (χ0v) is 12.9. The molecule has 1 amide bonds. The number of pyridine rings is 1. The van der Waals surface area contributed by atoms with E-state index in [1.165, 1.54) is 20.8 Å². The molecule has 0 saturated carbocycles. The van der Waals surface area contributed by atoms with Gasteiger partial charge in [-0.25, -0.2) is 0 Å². The maximum absolute atomic E-state index is 12.7. The summed E-state index contributed by atoms with van der Waals surface area (Å²) in [7, 11) is 3.17. The molecule has 0 atom stereocenters. The Morgan fingerprint density at radius 1 is 1.23 bits per heavy atom. The van der Waals surface area contributed by atoms with Gasteiger partial charge in [-0.15, -0.1) is 11.3 Å². The number of aromatic hydroxyl groups is 1. The molecule has 0 saturated heterocycles. The van der Waals surface area contributed by atoms with Gasteiger partial charge in [0.1, 0.15) is 16.1 Å². The first-order chi connectivity index (χ1) is 10.5. The molecule has 0 aliphatic rings. The molecule has 3 rings (SSSR count). The highest BCUT2D eigenvalue weighted by Gasteiger charge is 2.24. The lowest BCUT2D eigenvalue weighted by molar-refractivity contribution is 0.0988. The summed E-state index contributed by atoms with van der Waals surface area (Å²) >= 11 is 1.35. The number of aromatic nitrogens is 1. The van der Waals surface area contributed by atoms with Crippen LogP contribution in [0.5, 0.6) is 5.75 Å². The molecule has 22 heavy (non-hydrogen) atoms. The predicted molar refractivity (Wildman–Crippen MR) is 87.9 cm³/mol.